The summed E-state index contributed by atoms with van der Waals surface area (Å²) in [4.78, 5) is 4.90. The molecule has 204 valence electrons. The SMILES string of the molecule is C=CCC(/C=C(\C)C(C)C)C(C)C.Cc1cc(C)cc(C(N)c2cccc(-c3cccc4ccccc34)n2)c1. The fourth-order valence-corrected chi connectivity index (χ4v) is 4.84. The van der Waals surface area contributed by atoms with Crippen molar-refractivity contribution >= 4 is 10.8 Å². The van der Waals surface area contributed by atoms with E-state index in [1.54, 1.807) is 0 Å². The van der Waals surface area contributed by atoms with Crippen LogP contribution in [0.2, 0.25) is 0 Å². The number of hydrogen-bond donors (Lipinski definition) is 1. The molecule has 0 aliphatic heterocycles. The minimum Gasteiger partial charge on any atom is -0.319 e. The number of nitrogens with zero attached hydrogens (tertiary/aromatic N) is 1. The van der Waals surface area contributed by atoms with Gasteiger partial charge in [0.1, 0.15) is 0 Å². The van der Waals surface area contributed by atoms with Crippen LogP contribution in [0, 0.1) is 31.6 Å². The lowest BCUT2D eigenvalue weighted by molar-refractivity contribution is 0.465. The van der Waals surface area contributed by atoms with Crippen LogP contribution < -0.4 is 5.73 Å². The number of aromatic nitrogens is 1. The minimum atomic E-state index is -0.233. The van der Waals surface area contributed by atoms with Crippen LogP contribution in [0.15, 0.2) is 103 Å². The highest BCUT2D eigenvalue weighted by atomic mass is 14.8. The molecular weight excluding hydrogens is 472 g/mol. The molecule has 1 aromatic heterocycles. The van der Waals surface area contributed by atoms with E-state index in [0.29, 0.717) is 17.8 Å². The molecule has 2 N–H and O–H groups in total. The summed E-state index contributed by atoms with van der Waals surface area (Å²) >= 11 is 0. The maximum Gasteiger partial charge on any atom is 0.0726 e. The van der Waals surface area contributed by atoms with Gasteiger partial charge in [0.15, 0.2) is 0 Å². The first-order chi connectivity index (χ1) is 18.6. The Balaban J connectivity index is 0.000000276. The molecule has 0 saturated heterocycles. The van der Waals surface area contributed by atoms with E-state index >= 15 is 0 Å². The molecule has 0 amide bonds. The molecular formula is C37H46N2. The monoisotopic (exact) mass is 518 g/mol. The first kappa shape index (κ1) is 30.1. The molecule has 0 bridgehead atoms. The number of allylic oxidation sites excluding steroid dienone is 3. The summed E-state index contributed by atoms with van der Waals surface area (Å²) in [5, 5.41) is 2.43. The third kappa shape index (κ3) is 8.25. The van der Waals surface area contributed by atoms with E-state index < -0.39 is 0 Å². The number of rotatable bonds is 8. The number of hydrogen-bond acceptors (Lipinski definition) is 2. The fraction of sp³-hybridized carbons (Fsp3) is 0.324. The van der Waals surface area contributed by atoms with Crippen molar-refractivity contribution in [2.24, 2.45) is 23.5 Å². The number of aryl methyl sites for hydroxylation is 2. The number of benzene rings is 3. The quantitative estimate of drug-likeness (QED) is 0.236. The van der Waals surface area contributed by atoms with Gasteiger partial charge >= 0.3 is 0 Å². The first-order valence-electron chi connectivity index (χ1n) is 14.2. The standard InChI is InChI=1S/C24H22N2.C13H24/c1-16-13-17(2)15-19(14-16)24(25)23-12-6-11-22(26-23)21-10-5-8-18-7-3-4-9-20(18)21;1-7-8-13(11(4)5)9-12(6)10(2)3/h3-15,24H,25H2,1-2H3;7,9-11,13H,1,8H2,2-6H3/b;12-9+. The van der Waals surface area contributed by atoms with Crippen LogP contribution in [-0.2, 0) is 0 Å². The highest BCUT2D eigenvalue weighted by Crippen LogP contribution is 2.29. The van der Waals surface area contributed by atoms with E-state index in [9.17, 15) is 0 Å². The summed E-state index contributed by atoms with van der Waals surface area (Å²) < 4.78 is 0. The molecule has 0 saturated carbocycles. The van der Waals surface area contributed by atoms with Gasteiger partial charge in [0.25, 0.3) is 0 Å². The van der Waals surface area contributed by atoms with E-state index in [1.807, 2.05) is 18.2 Å². The topological polar surface area (TPSA) is 38.9 Å². The van der Waals surface area contributed by atoms with Crippen LogP contribution in [0.25, 0.3) is 22.0 Å². The summed E-state index contributed by atoms with van der Waals surface area (Å²) in [7, 11) is 0. The molecule has 4 rings (SSSR count). The molecule has 1 heterocycles. The molecule has 0 fully saturated rings. The third-order valence-electron chi connectivity index (χ3n) is 7.44. The zero-order valence-corrected chi connectivity index (χ0v) is 24.9. The maximum atomic E-state index is 6.55. The summed E-state index contributed by atoms with van der Waals surface area (Å²) in [6.45, 7) is 19.3. The average Bonchev–Trinajstić information content (AvgIpc) is 2.91. The van der Waals surface area contributed by atoms with Crippen LogP contribution in [0.3, 0.4) is 0 Å². The van der Waals surface area contributed by atoms with Gasteiger partial charge in [-0.05, 0) is 73.4 Å². The predicted molar refractivity (Wildman–Crippen MR) is 171 cm³/mol. The Bertz CT molecular complexity index is 1380. The second-order valence-electron chi connectivity index (χ2n) is 11.4. The van der Waals surface area contributed by atoms with Crippen molar-refractivity contribution < 1.29 is 0 Å². The van der Waals surface area contributed by atoms with Gasteiger partial charge < -0.3 is 5.73 Å². The molecule has 0 spiro atoms. The molecule has 2 nitrogen and oxygen atoms in total. The van der Waals surface area contributed by atoms with Gasteiger partial charge in [-0.15, -0.1) is 6.58 Å². The largest absolute Gasteiger partial charge is 0.319 e. The van der Waals surface area contributed by atoms with Gasteiger partial charge in [0.05, 0.1) is 17.4 Å². The Morgan fingerprint density at radius 2 is 1.51 bits per heavy atom. The predicted octanol–water partition coefficient (Wildman–Crippen LogP) is 10.0. The number of pyridine rings is 1. The Morgan fingerprint density at radius 3 is 2.15 bits per heavy atom. The van der Waals surface area contributed by atoms with Crippen molar-refractivity contribution in [3.63, 3.8) is 0 Å². The molecule has 2 atom stereocenters. The van der Waals surface area contributed by atoms with E-state index in [0.717, 1.165) is 28.9 Å². The fourth-order valence-electron chi connectivity index (χ4n) is 4.84. The smallest absolute Gasteiger partial charge is 0.0726 e. The Hall–Kier alpha value is -3.49. The zero-order chi connectivity index (χ0) is 28.5. The lowest BCUT2D eigenvalue weighted by Gasteiger charge is -2.17. The number of fused-ring (bicyclic) bond motifs is 1. The molecule has 2 unspecified atom stereocenters. The Kier molecular flexibility index (Phi) is 10.8. The van der Waals surface area contributed by atoms with Crippen LogP contribution in [-0.4, -0.2) is 4.98 Å². The van der Waals surface area contributed by atoms with E-state index in [4.69, 9.17) is 10.7 Å². The molecule has 0 aliphatic carbocycles. The molecule has 2 heteroatoms. The molecule has 4 aromatic rings. The van der Waals surface area contributed by atoms with Gasteiger partial charge in [-0.3, -0.25) is 4.98 Å². The van der Waals surface area contributed by atoms with Gasteiger partial charge in [0, 0.05) is 5.56 Å². The second-order valence-corrected chi connectivity index (χ2v) is 11.4. The van der Waals surface area contributed by atoms with Crippen LogP contribution in [0.5, 0.6) is 0 Å². The molecule has 0 aliphatic rings. The summed E-state index contributed by atoms with van der Waals surface area (Å²) in [5.41, 5.74) is 14.6. The van der Waals surface area contributed by atoms with Crippen LogP contribution in [0.1, 0.15) is 69.5 Å². The van der Waals surface area contributed by atoms with Gasteiger partial charge in [-0.25, -0.2) is 0 Å². The van der Waals surface area contributed by atoms with Gasteiger partial charge in [-0.2, -0.15) is 0 Å². The highest BCUT2D eigenvalue weighted by Gasteiger charge is 2.13. The Labute approximate surface area is 236 Å². The highest BCUT2D eigenvalue weighted by molar-refractivity contribution is 5.95. The first-order valence-corrected chi connectivity index (χ1v) is 14.2. The molecule has 0 radical (unpaired) electrons. The lowest BCUT2D eigenvalue weighted by atomic mass is 9.88. The van der Waals surface area contributed by atoms with Gasteiger partial charge in [-0.1, -0.05) is 123 Å². The van der Waals surface area contributed by atoms with Crippen molar-refractivity contribution in [1.82, 2.24) is 4.98 Å². The van der Waals surface area contributed by atoms with Gasteiger partial charge in [0.2, 0.25) is 0 Å². The summed E-state index contributed by atoms with van der Waals surface area (Å²) in [5.74, 6) is 2.05. The van der Waals surface area contributed by atoms with Crippen molar-refractivity contribution in [1.29, 1.82) is 0 Å². The van der Waals surface area contributed by atoms with Crippen molar-refractivity contribution in [3.05, 3.63) is 126 Å². The summed E-state index contributed by atoms with van der Waals surface area (Å²) in [6.07, 6.45) is 5.54. The second kappa shape index (κ2) is 14.1. The van der Waals surface area contributed by atoms with Crippen molar-refractivity contribution in [2.75, 3.05) is 0 Å². The van der Waals surface area contributed by atoms with E-state index in [2.05, 4.69) is 128 Å². The van der Waals surface area contributed by atoms with Crippen LogP contribution in [0.4, 0.5) is 0 Å². The third-order valence-corrected chi connectivity index (χ3v) is 7.44. The zero-order valence-electron chi connectivity index (χ0n) is 24.9. The average molecular weight is 519 g/mol. The van der Waals surface area contributed by atoms with E-state index in [-0.39, 0.29) is 6.04 Å². The lowest BCUT2D eigenvalue weighted by Crippen LogP contribution is -2.14. The molecule has 39 heavy (non-hydrogen) atoms. The van der Waals surface area contributed by atoms with E-state index in [1.165, 1.54) is 27.5 Å². The van der Waals surface area contributed by atoms with Crippen molar-refractivity contribution in [3.8, 4) is 11.3 Å². The summed E-state index contributed by atoms with van der Waals surface area (Å²) in [6, 6.07) is 27.1. The minimum absolute atomic E-state index is 0.233. The molecule has 3 aromatic carbocycles. The Morgan fingerprint density at radius 1 is 0.872 bits per heavy atom. The van der Waals surface area contributed by atoms with Crippen LogP contribution >= 0.6 is 0 Å². The normalized spacial score (nSPS) is 13.2. The van der Waals surface area contributed by atoms with Crippen molar-refractivity contribution in [2.45, 2.75) is 60.9 Å². The maximum absolute atomic E-state index is 6.55. The number of nitrogens with two attached hydrogens (primary N) is 1.